The summed E-state index contributed by atoms with van der Waals surface area (Å²) in [6, 6.07) is -0.389. The Balaban J connectivity index is 1.97. The van der Waals surface area contributed by atoms with Gasteiger partial charge in [-0.15, -0.1) is 0 Å². The second-order valence-electron chi connectivity index (χ2n) is 5.21. The zero-order chi connectivity index (χ0) is 12.4. The maximum Gasteiger partial charge on any atom is 0.320 e. The number of rotatable bonds is 1. The van der Waals surface area contributed by atoms with Gasteiger partial charge in [-0.2, -0.15) is 0 Å². The van der Waals surface area contributed by atoms with E-state index < -0.39 is 0 Å². The van der Waals surface area contributed by atoms with E-state index >= 15 is 0 Å². The molecule has 0 saturated carbocycles. The number of nitrogens with two attached hydrogens (primary N) is 1. The molecule has 2 aliphatic rings. The van der Waals surface area contributed by atoms with Crippen molar-refractivity contribution in [1.29, 1.82) is 0 Å². The van der Waals surface area contributed by atoms with Gasteiger partial charge in [0.2, 0.25) is 5.91 Å². The number of hydrogen-bond donors (Lipinski definition) is 1. The minimum atomic E-state index is -0.387. The zero-order valence-corrected chi connectivity index (χ0v) is 10.4. The molecule has 0 aromatic heterocycles. The predicted octanol–water partition coefficient (Wildman–Crippen LogP) is 0.788. The average Bonchev–Trinajstić information content (AvgIpc) is 2.78. The number of piperidine rings is 1. The summed E-state index contributed by atoms with van der Waals surface area (Å²) in [7, 11) is 0. The molecular formula is C12H21N3O2. The minimum absolute atomic E-state index is 0.00167. The van der Waals surface area contributed by atoms with Crippen LogP contribution >= 0.6 is 0 Å². The first kappa shape index (κ1) is 12.2. The standard InChI is InChI=1S/C12H21N3O2/c1-9-4-7-14(8-5-9)12(17)15-6-2-3-10(15)11(13)16/h9-10H,2-8H2,1H3,(H2,13,16)/t10-/m1/s1. The lowest BCUT2D eigenvalue weighted by molar-refractivity contribution is -0.121. The van der Waals surface area contributed by atoms with Crippen molar-refractivity contribution in [3.8, 4) is 0 Å². The highest BCUT2D eigenvalue weighted by Crippen LogP contribution is 2.22. The molecule has 0 aliphatic carbocycles. The quantitative estimate of drug-likeness (QED) is 0.735. The van der Waals surface area contributed by atoms with Gasteiger partial charge in [0.05, 0.1) is 0 Å². The van der Waals surface area contributed by atoms with Crippen LogP contribution in [-0.2, 0) is 4.79 Å². The summed E-state index contributed by atoms with van der Waals surface area (Å²) in [4.78, 5) is 27.0. The third-order valence-corrected chi connectivity index (χ3v) is 3.88. The van der Waals surface area contributed by atoms with Crippen LogP contribution in [0.3, 0.4) is 0 Å². The van der Waals surface area contributed by atoms with E-state index in [-0.39, 0.29) is 18.0 Å². The second kappa shape index (κ2) is 4.94. The van der Waals surface area contributed by atoms with Gasteiger partial charge < -0.3 is 15.5 Å². The van der Waals surface area contributed by atoms with Crippen LogP contribution in [0.15, 0.2) is 0 Å². The van der Waals surface area contributed by atoms with Crippen molar-refractivity contribution in [2.24, 2.45) is 11.7 Å². The van der Waals surface area contributed by atoms with Gasteiger partial charge in [-0.05, 0) is 31.6 Å². The molecule has 2 N–H and O–H groups in total. The number of carbonyl (C=O) groups excluding carboxylic acids is 2. The fourth-order valence-corrected chi connectivity index (χ4v) is 2.67. The predicted molar refractivity (Wildman–Crippen MR) is 64.3 cm³/mol. The first-order valence-corrected chi connectivity index (χ1v) is 6.44. The fourth-order valence-electron chi connectivity index (χ4n) is 2.67. The number of likely N-dealkylation sites (tertiary alicyclic amines) is 2. The summed E-state index contributed by atoms with van der Waals surface area (Å²) in [5.41, 5.74) is 5.33. The molecule has 2 aliphatic heterocycles. The molecule has 2 fully saturated rings. The van der Waals surface area contributed by atoms with E-state index in [1.807, 2.05) is 4.90 Å². The summed E-state index contributed by atoms with van der Waals surface area (Å²) in [6.45, 7) is 4.49. The molecule has 0 radical (unpaired) electrons. The van der Waals surface area contributed by atoms with Gasteiger partial charge in [-0.3, -0.25) is 4.79 Å². The highest BCUT2D eigenvalue weighted by atomic mass is 16.2. The van der Waals surface area contributed by atoms with Crippen molar-refractivity contribution < 1.29 is 9.59 Å². The van der Waals surface area contributed by atoms with Crippen LogP contribution < -0.4 is 5.73 Å². The maximum atomic E-state index is 12.3. The van der Waals surface area contributed by atoms with E-state index in [0.29, 0.717) is 18.9 Å². The van der Waals surface area contributed by atoms with Crippen molar-refractivity contribution in [2.45, 2.75) is 38.6 Å². The molecule has 5 nitrogen and oxygen atoms in total. The summed E-state index contributed by atoms with van der Waals surface area (Å²) in [5.74, 6) is 0.325. The topological polar surface area (TPSA) is 66.6 Å². The van der Waals surface area contributed by atoms with E-state index in [1.165, 1.54) is 0 Å². The first-order chi connectivity index (χ1) is 8.09. The molecule has 0 unspecified atom stereocenters. The Bertz CT molecular complexity index is 311. The SMILES string of the molecule is CC1CCN(C(=O)N2CCC[C@@H]2C(N)=O)CC1. The molecule has 1 atom stereocenters. The normalized spacial score (nSPS) is 26.3. The first-order valence-electron chi connectivity index (χ1n) is 6.44. The molecule has 2 heterocycles. The van der Waals surface area contributed by atoms with E-state index in [4.69, 9.17) is 5.73 Å². The van der Waals surface area contributed by atoms with Crippen LogP contribution in [-0.4, -0.2) is 47.4 Å². The van der Waals surface area contributed by atoms with E-state index in [2.05, 4.69) is 6.92 Å². The van der Waals surface area contributed by atoms with Gasteiger partial charge in [-0.25, -0.2) is 4.79 Å². The Labute approximate surface area is 102 Å². The number of urea groups is 1. The summed E-state index contributed by atoms with van der Waals surface area (Å²) < 4.78 is 0. The van der Waals surface area contributed by atoms with Crippen molar-refractivity contribution in [2.75, 3.05) is 19.6 Å². The van der Waals surface area contributed by atoms with Crippen molar-refractivity contribution in [3.63, 3.8) is 0 Å². The highest BCUT2D eigenvalue weighted by molar-refractivity contribution is 5.86. The molecule has 5 heteroatoms. The fraction of sp³-hybridized carbons (Fsp3) is 0.833. The third kappa shape index (κ3) is 2.53. The van der Waals surface area contributed by atoms with Crippen molar-refractivity contribution >= 4 is 11.9 Å². The molecule has 0 aromatic carbocycles. The Morgan fingerprint density at radius 3 is 2.35 bits per heavy atom. The average molecular weight is 239 g/mol. The second-order valence-corrected chi connectivity index (χ2v) is 5.21. The minimum Gasteiger partial charge on any atom is -0.368 e. The van der Waals surface area contributed by atoms with E-state index in [1.54, 1.807) is 4.90 Å². The molecular weight excluding hydrogens is 218 g/mol. The lowest BCUT2D eigenvalue weighted by Gasteiger charge is -2.34. The lowest BCUT2D eigenvalue weighted by atomic mass is 9.99. The number of hydrogen-bond acceptors (Lipinski definition) is 2. The number of nitrogens with zero attached hydrogens (tertiary/aromatic N) is 2. The summed E-state index contributed by atoms with van der Waals surface area (Å²) in [6.07, 6.45) is 3.70. The number of primary amides is 1. The largest absolute Gasteiger partial charge is 0.368 e. The third-order valence-electron chi connectivity index (χ3n) is 3.88. The summed E-state index contributed by atoms with van der Waals surface area (Å²) in [5, 5.41) is 0. The van der Waals surface area contributed by atoms with Crippen LogP contribution in [0, 0.1) is 5.92 Å². The zero-order valence-electron chi connectivity index (χ0n) is 10.4. The molecule has 17 heavy (non-hydrogen) atoms. The van der Waals surface area contributed by atoms with Crippen LogP contribution in [0.4, 0.5) is 4.79 Å². The summed E-state index contributed by atoms with van der Waals surface area (Å²) >= 11 is 0. The van der Waals surface area contributed by atoms with E-state index in [0.717, 1.165) is 32.4 Å². The van der Waals surface area contributed by atoms with Crippen molar-refractivity contribution in [3.05, 3.63) is 0 Å². The Hall–Kier alpha value is -1.26. The number of carbonyl (C=O) groups is 2. The Kier molecular flexibility index (Phi) is 3.54. The molecule has 0 aromatic rings. The van der Waals surface area contributed by atoms with Crippen LogP contribution in [0.25, 0.3) is 0 Å². The van der Waals surface area contributed by atoms with Gasteiger partial charge in [0.1, 0.15) is 6.04 Å². The van der Waals surface area contributed by atoms with Crippen LogP contribution in [0.1, 0.15) is 32.6 Å². The molecule has 0 spiro atoms. The van der Waals surface area contributed by atoms with E-state index in [9.17, 15) is 9.59 Å². The molecule has 3 amide bonds. The molecule has 0 bridgehead atoms. The van der Waals surface area contributed by atoms with Gasteiger partial charge >= 0.3 is 6.03 Å². The lowest BCUT2D eigenvalue weighted by Crippen LogP contribution is -2.51. The maximum absolute atomic E-state index is 12.3. The number of amides is 3. The van der Waals surface area contributed by atoms with Crippen molar-refractivity contribution in [1.82, 2.24) is 9.80 Å². The van der Waals surface area contributed by atoms with Gasteiger partial charge in [0.15, 0.2) is 0 Å². The molecule has 96 valence electrons. The monoisotopic (exact) mass is 239 g/mol. The molecule has 2 saturated heterocycles. The Morgan fingerprint density at radius 1 is 1.12 bits per heavy atom. The molecule has 2 rings (SSSR count). The highest BCUT2D eigenvalue weighted by Gasteiger charge is 2.35. The van der Waals surface area contributed by atoms with Gasteiger partial charge in [0, 0.05) is 19.6 Å². The smallest absolute Gasteiger partial charge is 0.320 e. The van der Waals surface area contributed by atoms with Crippen LogP contribution in [0.2, 0.25) is 0 Å². The Morgan fingerprint density at radius 2 is 1.76 bits per heavy atom. The van der Waals surface area contributed by atoms with Gasteiger partial charge in [-0.1, -0.05) is 6.92 Å². The van der Waals surface area contributed by atoms with Crippen LogP contribution in [0.5, 0.6) is 0 Å². The van der Waals surface area contributed by atoms with Gasteiger partial charge in [0.25, 0.3) is 0 Å².